The zero-order chi connectivity index (χ0) is 14.7. The van der Waals surface area contributed by atoms with E-state index in [1.54, 1.807) is 6.20 Å². The number of rotatable bonds is 5. The Hall–Kier alpha value is -2.27. The summed E-state index contributed by atoms with van der Waals surface area (Å²) in [5.41, 5.74) is 0.755. The van der Waals surface area contributed by atoms with Crippen molar-refractivity contribution in [3.8, 4) is 11.5 Å². The highest BCUT2D eigenvalue weighted by Gasteiger charge is 2.16. The van der Waals surface area contributed by atoms with Crippen LogP contribution in [0.15, 0.2) is 41.1 Å². The molecule has 0 aliphatic carbocycles. The van der Waals surface area contributed by atoms with Crippen molar-refractivity contribution >= 4 is 10.8 Å². The van der Waals surface area contributed by atoms with E-state index < -0.39 is 0 Å². The topological polar surface area (TPSA) is 63.8 Å². The molecule has 2 aromatic heterocycles. The van der Waals surface area contributed by atoms with Gasteiger partial charge in [-0.2, -0.15) is 4.98 Å². The second kappa shape index (κ2) is 6.01. The van der Waals surface area contributed by atoms with E-state index in [0.29, 0.717) is 11.7 Å². The SMILES string of the molecule is CCCNC(C)c1nc(-c2nccc3ccccc23)no1. The highest BCUT2D eigenvalue weighted by Crippen LogP contribution is 2.25. The number of fused-ring (bicyclic) bond motifs is 1. The van der Waals surface area contributed by atoms with Crippen LogP contribution in [0.25, 0.3) is 22.3 Å². The highest BCUT2D eigenvalue weighted by atomic mass is 16.5. The first-order chi connectivity index (χ1) is 10.3. The number of nitrogens with one attached hydrogen (secondary N) is 1. The van der Waals surface area contributed by atoms with Gasteiger partial charge < -0.3 is 9.84 Å². The number of hydrogen-bond acceptors (Lipinski definition) is 5. The van der Waals surface area contributed by atoms with Gasteiger partial charge in [0.1, 0.15) is 5.69 Å². The Morgan fingerprint density at radius 3 is 2.95 bits per heavy atom. The minimum Gasteiger partial charge on any atom is -0.337 e. The van der Waals surface area contributed by atoms with Gasteiger partial charge in [0.05, 0.1) is 6.04 Å². The summed E-state index contributed by atoms with van der Waals surface area (Å²) in [4.78, 5) is 8.89. The van der Waals surface area contributed by atoms with Crippen LogP contribution >= 0.6 is 0 Å². The standard InChI is InChI=1S/C16H18N4O/c1-3-9-17-11(2)16-19-15(20-21-16)14-13-7-5-4-6-12(13)8-10-18-14/h4-8,10-11,17H,3,9H2,1-2H3. The van der Waals surface area contributed by atoms with Crippen LogP contribution in [0.1, 0.15) is 32.2 Å². The number of nitrogens with zero attached hydrogens (tertiary/aromatic N) is 3. The van der Waals surface area contributed by atoms with Gasteiger partial charge in [-0.25, -0.2) is 0 Å². The lowest BCUT2D eigenvalue weighted by molar-refractivity contribution is 0.340. The molecule has 0 spiro atoms. The molecular weight excluding hydrogens is 264 g/mol. The molecule has 3 rings (SSSR count). The van der Waals surface area contributed by atoms with E-state index >= 15 is 0 Å². The molecule has 21 heavy (non-hydrogen) atoms. The maximum atomic E-state index is 5.36. The second-order valence-corrected chi connectivity index (χ2v) is 5.01. The molecule has 3 aromatic rings. The highest BCUT2D eigenvalue weighted by molar-refractivity contribution is 5.92. The van der Waals surface area contributed by atoms with Crippen molar-refractivity contribution < 1.29 is 4.52 Å². The zero-order valence-electron chi connectivity index (χ0n) is 12.2. The first-order valence-electron chi connectivity index (χ1n) is 7.20. The Kier molecular flexibility index (Phi) is 3.92. The molecule has 5 nitrogen and oxygen atoms in total. The van der Waals surface area contributed by atoms with E-state index in [2.05, 4.69) is 27.4 Å². The van der Waals surface area contributed by atoms with E-state index in [1.165, 1.54) is 0 Å². The van der Waals surface area contributed by atoms with Gasteiger partial charge in [0, 0.05) is 11.6 Å². The molecule has 2 heterocycles. The van der Waals surface area contributed by atoms with E-state index in [0.717, 1.165) is 29.4 Å². The Balaban J connectivity index is 1.95. The number of pyridine rings is 1. The van der Waals surface area contributed by atoms with Crippen LogP contribution in [0.2, 0.25) is 0 Å². The molecule has 0 aliphatic heterocycles. The van der Waals surface area contributed by atoms with Crippen molar-refractivity contribution in [3.05, 3.63) is 42.4 Å². The summed E-state index contributed by atoms with van der Waals surface area (Å²) in [7, 11) is 0. The second-order valence-electron chi connectivity index (χ2n) is 5.01. The smallest absolute Gasteiger partial charge is 0.243 e. The van der Waals surface area contributed by atoms with Gasteiger partial charge in [-0.1, -0.05) is 36.3 Å². The summed E-state index contributed by atoms with van der Waals surface area (Å²) in [6.45, 7) is 5.06. The Morgan fingerprint density at radius 2 is 2.10 bits per heavy atom. The third-order valence-corrected chi connectivity index (χ3v) is 3.40. The molecule has 0 radical (unpaired) electrons. The molecule has 1 unspecified atom stereocenters. The van der Waals surface area contributed by atoms with Gasteiger partial charge in [-0.05, 0) is 31.3 Å². The largest absolute Gasteiger partial charge is 0.337 e. The predicted octanol–water partition coefficient (Wildman–Crippen LogP) is 3.35. The molecule has 0 aliphatic rings. The van der Waals surface area contributed by atoms with Crippen LogP contribution in [0.3, 0.4) is 0 Å². The third-order valence-electron chi connectivity index (χ3n) is 3.40. The zero-order valence-corrected chi connectivity index (χ0v) is 12.2. The number of hydrogen-bond donors (Lipinski definition) is 1. The van der Waals surface area contributed by atoms with Gasteiger partial charge in [-0.3, -0.25) is 4.98 Å². The lowest BCUT2D eigenvalue weighted by Gasteiger charge is -2.06. The molecule has 0 amide bonds. The molecule has 0 saturated carbocycles. The minimum atomic E-state index is 0.0428. The summed E-state index contributed by atoms with van der Waals surface area (Å²) in [6, 6.07) is 10.1. The molecule has 0 fully saturated rings. The number of aromatic nitrogens is 3. The van der Waals surface area contributed by atoms with Crippen LogP contribution < -0.4 is 5.32 Å². The molecule has 0 saturated heterocycles. The lowest BCUT2D eigenvalue weighted by atomic mass is 10.1. The minimum absolute atomic E-state index is 0.0428. The van der Waals surface area contributed by atoms with Crippen molar-refractivity contribution in [2.24, 2.45) is 0 Å². The fourth-order valence-corrected chi connectivity index (χ4v) is 2.25. The van der Waals surface area contributed by atoms with Crippen molar-refractivity contribution in [2.75, 3.05) is 6.54 Å². The van der Waals surface area contributed by atoms with Crippen LogP contribution in [-0.2, 0) is 0 Å². The Bertz CT molecular complexity index is 732. The first-order valence-corrected chi connectivity index (χ1v) is 7.20. The van der Waals surface area contributed by atoms with Crippen LogP contribution in [-0.4, -0.2) is 21.7 Å². The first kappa shape index (κ1) is 13.7. The normalized spacial score (nSPS) is 12.7. The van der Waals surface area contributed by atoms with Crippen molar-refractivity contribution in [2.45, 2.75) is 26.3 Å². The fourth-order valence-electron chi connectivity index (χ4n) is 2.25. The van der Waals surface area contributed by atoms with E-state index in [4.69, 9.17) is 4.52 Å². The number of benzene rings is 1. The molecule has 1 N–H and O–H groups in total. The average Bonchev–Trinajstić information content (AvgIpc) is 3.02. The fraction of sp³-hybridized carbons (Fsp3) is 0.312. The lowest BCUT2D eigenvalue weighted by Crippen LogP contribution is -2.19. The molecule has 1 aromatic carbocycles. The molecule has 1 atom stereocenters. The Labute approximate surface area is 123 Å². The van der Waals surface area contributed by atoms with Gasteiger partial charge in [0.25, 0.3) is 0 Å². The summed E-state index contributed by atoms with van der Waals surface area (Å²) < 4.78 is 5.36. The van der Waals surface area contributed by atoms with Crippen molar-refractivity contribution in [1.82, 2.24) is 20.4 Å². The molecule has 108 valence electrons. The molecule has 0 bridgehead atoms. The maximum Gasteiger partial charge on any atom is 0.243 e. The van der Waals surface area contributed by atoms with Crippen molar-refractivity contribution in [1.29, 1.82) is 0 Å². The third kappa shape index (κ3) is 2.78. The summed E-state index contributed by atoms with van der Waals surface area (Å²) in [5.74, 6) is 1.13. The van der Waals surface area contributed by atoms with E-state index in [1.807, 2.05) is 37.3 Å². The van der Waals surface area contributed by atoms with Crippen LogP contribution in [0.4, 0.5) is 0 Å². The maximum absolute atomic E-state index is 5.36. The predicted molar refractivity (Wildman–Crippen MR) is 81.7 cm³/mol. The van der Waals surface area contributed by atoms with Crippen molar-refractivity contribution in [3.63, 3.8) is 0 Å². The van der Waals surface area contributed by atoms with Gasteiger partial charge in [0.2, 0.25) is 11.7 Å². The summed E-state index contributed by atoms with van der Waals surface area (Å²) in [5, 5.41) is 9.56. The average molecular weight is 282 g/mol. The summed E-state index contributed by atoms with van der Waals surface area (Å²) >= 11 is 0. The molecule has 5 heteroatoms. The quantitative estimate of drug-likeness (QED) is 0.777. The van der Waals surface area contributed by atoms with Gasteiger partial charge in [-0.15, -0.1) is 0 Å². The van der Waals surface area contributed by atoms with E-state index in [9.17, 15) is 0 Å². The molecular formula is C16H18N4O. The van der Waals surface area contributed by atoms with Crippen LogP contribution in [0, 0.1) is 0 Å². The van der Waals surface area contributed by atoms with Gasteiger partial charge >= 0.3 is 0 Å². The monoisotopic (exact) mass is 282 g/mol. The van der Waals surface area contributed by atoms with Crippen LogP contribution in [0.5, 0.6) is 0 Å². The Morgan fingerprint density at radius 1 is 1.24 bits per heavy atom. The van der Waals surface area contributed by atoms with E-state index in [-0.39, 0.29) is 6.04 Å². The van der Waals surface area contributed by atoms with Gasteiger partial charge in [0.15, 0.2) is 0 Å². The summed E-state index contributed by atoms with van der Waals surface area (Å²) in [6.07, 6.45) is 2.84.